The molecule has 0 bridgehead atoms. The molecule has 2 heterocycles. The van der Waals surface area contributed by atoms with E-state index in [0.717, 1.165) is 50.2 Å². The lowest BCUT2D eigenvalue weighted by atomic mass is 9.76. The van der Waals surface area contributed by atoms with Gasteiger partial charge in [-0.1, -0.05) is 37.6 Å². The third-order valence-electron chi connectivity index (χ3n) is 6.42. The summed E-state index contributed by atoms with van der Waals surface area (Å²) in [5.41, 5.74) is 3.74. The molecule has 0 unspecified atom stereocenters. The number of carbonyl (C=O) groups excluding carboxylic acids is 1. The fraction of sp³-hybridized carbons (Fsp3) is 0.462. The summed E-state index contributed by atoms with van der Waals surface area (Å²) in [4.78, 5) is 18.4. The Labute approximate surface area is 185 Å². The van der Waals surface area contributed by atoms with Gasteiger partial charge in [0.2, 0.25) is 0 Å². The van der Waals surface area contributed by atoms with Crippen LogP contribution in [0.3, 0.4) is 0 Å². The zero-order chi connectivity index (χ0) is 21.7. The second-order valence-electron chi connectivity index (χ2n) is 9.52. The standard InChI is InChI=1S/C26H33N3O2/c1-26(2)12-8-23(9-13-26)31-24-7-3-5-21(18-24)17-20-10-15-29(16-11-20)25(30)28-22-6-4-14-27-19-22/h3-7,14,17-19,23H,8-13,15-16H2,1-2H3,(H,28,30). The third kappa shape index (κ3) is 6.09. The highest BCUT2D eigenvalue weighted by Crippen LogP contribution is 2.36. The minimum absolute atomic E-state index is 0.0573. The van der Waals surface area contributed by atoms with Crippen molar-refractivity contribution in [2.24, 2.45) is 5.41 Å². The Morgan fingerprint density at radius 3 is 2.65 bits per heavy atom. The molecule has 2 amide bonds. The maximum atomic E-state index is 12.5. The van der Waals surface area contributed by atoms with Crippen LogP contribution in [0.2, 0.25) is 0 Å². The van der Waals surface area contributed by atoms with Crippen molar-refractivity contribution in [2.75, 3.05) is 18.4 Å². The van der Waals surface area contributed by atoms with Crippen LogP contribution in [0, 0.1) is 5.41 Å². The molecule has 2 fully saturated rings. The van der Waals surface area contributed by atoms with Crippen LogP contribution < -0.4 is 10.1 Å². The second-order valence-corrected chi connectivity index (χ2v) is 9.52. The molecule has 1 aromatic carbocycles. The first-order valence-electron chi connectivity index (χ1n) is 11.4. The van der Waals surface area contributed by atoms with Gasteiger partial charge in [-0.05, 0) is 73.8 Å². The van der Waals surface area contributed by atoms with E-state index in [-0.39, 0.29) is 6.03 Å². The molecule has 1 saturated heterocycles. The van der Waals surface area contributed by atoms with Gasteiger partial charge in [-0.15, -0.1) is 0 Å². The summed E-state index contributed by atoms with van der Waals surface area (Å²) < 4.78 is 6.29. The van der Waals surface area contributed by atoms with E-state index in [2.05, 4.69) is 54.5 Å². The summed E-state index contributed by atoms with van der Waals surface area (Å²) >= 11 is 0. The van der Waals surface area contributed by atoms with Crippen molar-refractivity contribution in [1.29, 1.82) is 0 Å². The molecule has 5 heteroatoms. The van der Waals surface area contributed by atoms with Gasteiger partial charge >= 0.3 is 6.03 Å². The highest BCUT2D eigenvalue weighted by Gasteiger charge is 2.27. The van der Waals surface area contributed by atoms with Gasteiger partial charge in [0.05, 0.1) is 18.0 Å². The Bertz CT molecular complexity index is 903. The SMILES string of the molecule is CC1(C)CCC(Oc2cccc(C=C3CCN(C(=O)Nc4cccnc4)CC3)c2)CC1. The maximum absolute atomic E-state index is 12.5. The Kier molecular flexibility index (Phi) is 6.59. The summed E-state index contributed by atoms with van der Waals surface area (Å²) in [5, 5.41) is 2.92. The molecule has 0 radical (unpaired) electrons. The molecule has 164 valence electrons. The highest BCUT2D eigenvalue weighted by molar-refractivity contribution is 5.89. The smallest absolute Gasteiger partial charge is 0.321 e. The Balaban J connectivity index is 1.30. The molecule has 4 rings (SSSR count). The van der Waals surface area contributed by atoms with Gasteiger partial charge in [0.25, 0.3) is 0 Å². The van der Waals surface area contributed by atoms with Gasteiger partial charge in [-0.2, -0.15) is 0 Å². The van der Waals surface area contributed by atoms with Gasteiger partial charge in [-0.3, -0.25) is 4.98 Å². The monoisotopic (exact) mass is 419 g/mol. The van der Waals surface area contributed by atoms with Crippen LogP contribution in [0.5, 0.6) is 5.75 Å². The van der Waals surface area contributed by atoms with Crippen molar-refractivity contribution < 1.29 is 9.53 Å². The number of benzene rings is 1. The number of ether oxygens (including phenoxy) is 1. The fourth-order valence-electron chi connectivity index (χ4n) is 4.38. The molecule has 1 aliphatic carbocycles. The lowest BCUT2D eigenvalue weighted by Gasteiger charge is -2.34. The lowest BCUT2D eigenvalue weighted by molar-refractivity contribution is 0.0987. The summed E-state index contributed by atoms with van der Waals surface area (Å²) in [5.74, 6) is 0.965. The van der Waals surface area contributed by atoms with Gasteiger partial charge in [0.1, 0.15) is 5.75 Å². The van der Waals surface area contributed by atoms with E-state index >= 15 is 0 Å². The van der Waals surface area contributed by atoms with E-state index in [1.165, 1.54) is 24.0 Å². The average molecular weight is 420 g/mol. The zero-order valence-electron chi connectivity index (χ0n) is 18.6. The largest absolute Gasteiger partial charge is 0.490 e. The summed E-state index contributed by atoms with van der Waals surface area (Å²) in [6.07, 6.45) is 12.5. The first-order valence-corrected chi connectivity index (χ1v) is 11.4. The van der Waals surface area contributed by atoms with Crippen LogP contribution in [0.15, 0.2) is 54.4 Å². The molecule has 1 aliphatic heterocycles. The van der Waals surface area contributed by atoms with E-state index in [9.17, 15) is 4.79 Å². The molecule has 2 aliphatic rings. The van der Waals surface area contributed by atoms with Crippen LogP contribution in [-0.2, 0) is 0 Å². The molecular weight excluding hydrogens is 386 g/mol. The van der Waals surface area contributed by atoms with Crippen LogP contribution in [0.4, 0.5) is 10.5 Å². The van der Waals surface area contributed by atoms with Crippen molar-refractivity contribution in [2.45, 2.75) is 58.5 Å². The number of hydrogen-bond donors (Lipinski definition) is 1. The number of piperidine rings is 1. The van der Waals surface area contributed by atoms with Crippen molar-refractivity contribution in [3.8, 4) is 5.75 Å². The molecule has 1 aromatic heterocycles. The Morgan fingerprint density at radius 1 is 1.16 bits per heavy atom. The molecule has 31 heavy (non-hydrogen) atoms. The van der Waals surface area contributed by atoms with Gasteiger partial charge in [0.15, 0.2) is 0 Å². The topological polar surface area (TPSA) is 54.5 Å². The highest BCUT2D eigenvalue weighted by atomic mass is 16.5. The van der Waals surface area contributed by atoms with E-state index in [1.54, 1.807) is 12.4 Å². The van der Waals surface area contributed by atoms with E-state index < -0.39 is 0 Å². The lowest BCUT2D eigenvalue weighted by Crippen LogP contribution is -2.39. The minimum atomic E-state index is -0.0573. The van der Waals surface area contributed by atoms with E-state index in [1.807, 2.05) is 17.0 Å². The first-order chi connectivity index (χ1) is 15.0. The van der Waals surface area contributed by atoms with Crippen molar-refractivity contribution in [1.82, 2.24) is 9.88 Å². The number of carbonyl (C=O) groups is 1. The van der Waals surface area contributed by atoms with Crippen molar-refractivity contribution >= 4 is 17.8 Å². The molecule has 0 atom stereocenters. The number of hydrogen-bond acceptors (Lipinski definition) is 3. The number of likely N-dealkylation sites (tertiary alicyclic amines) is 1. The van der Waals surface area contributed by atoms with Crippen LogP contribution in [0.25, 0.3) is 6.08 Å². The number of aromatic nitrogens is 1. The summed E-state index contributed by atoms with van der Waals surface area (Å²) in [6.45, 7) is 6.16. The van der Waals surface area contributed by atoms with Crippen LogP contribution >= 0.6 is 0 Å². The number of pyridine rings is 1. The minimum Gasteiger partial charge on any atom is -0.490 e. The maximum Gasteiger partial charge on any atom is 0.321 e. The van der Waals surface area contributed by atoms with Gasteiger partial charge < -0.3 is 15.0 Å². The zero-order valence-corrected chi connectivity index (χ0v) is 18.6. The number of nitrogens with zero attached hydrogens (tertiary/aromatic N) is 2. The number of rotatable bonds is 4. The second kappa shape index (κ2) is 9.54. The summed E-state index contributed by atoms with van der Waals surface area (Å²) in [6, 6.07) is 12.0. The predicted octanol–water partition coefficient (Wildman–Crippen LogP) is 6.14. The average Bonchev–Trinajstić information content (AvgIpc) is 2.77. The van der Waals surface area contributed by atoms with Crippen LogP contribution in [-0.4, -0.2) is 35.1 Å². The van der Waals surface area contributed by atoms with Crippen LogP contribution in [0.1, 0.15) is 57.9 Å². The van der Waals surface area contributed by atoms with Crippen molar-refractivity contribution in [3.63, 3.8) is 0 Å². The Morgan fingerprint density at radius 2 is 1.94 bits per heavy atom. The predicted molar refractivity (Wildman–Crippen MR) is 125 cm³/mol. The normalized spacial score (nSPS) is 19.0. The number of amides is 2. The quantitative estimate of drug-likeness (QED) is 0.647. The third-order valence-corrected chi connectivity index (χ3v) is 6.42. The number of anilines is 1. The molecule has 1 saturated carbocycles. The van der Waals surface area contributed by atoms with E-state index in [0.29, 0.717) is 11.5 Å². The molecule has 0 spiro atoms. The van der Waals surface area contributed by atoms with E-state index in [4.69, 9.17) is 4.74 Å². The molecule has 5 nitrogen and oxygen atoms in total. The van der Waals surface area contributed by atoms with Crippen molar-refractivity contribution in [3.05, 3.63) is 59.9 Å². The Hall–Kier alpha value is -2.82. The fourth-order valence-corrected chi connectivity index (χ4v) is 4.38. The van der Waals surface area contributed by atoms with Gasteiger partial charge in [-0.25, -0.2) is 4.79 Å². The molecule has 1 N–H and O–H groups in total. The first kappa shape index (κ1) is 21.4. The number of nitrogens with one attached hydrogen (secondary N) is 1. The van der Waals surface area contributed by atoms with Gasteiger partial charge in [0, 0.05) is 19.3 Å². The number of urea groups is 1. The molecular formula is C26H33N3O2. The molecule has 2 aromatic rings. The summed E-state index contributed by atoms with van der Waals surface area (Å²) in [7, 11) is 0.